The van der Waals surface area contributed by atoms with Crippen LogP contribution in [0.25, 0.3) is 0 Å². The van der Waals surface area contributed by atoms with Crippen LogP contribution in [0.5, 0.6) is 0 Å². The predicted molar refractivity (Wildman–Crippen MR) is 74.4 cm³/mol. The number of unbranched alkanes of at least 4 members (excludes halogenated alkanes) is 2. The Labute approximate surface area is 108 Å². The zero-order valence-corrected chi connectivity index (χ0v) is 11.1. The number of primary amides is 1. The van der Waals surface area contributed by atoms with Gasteiger partial charge in [-0.1, -0.05) is 26.2 Å². The van der Waals surface area contributed by atoms with Crippen LogP contribution in [-0.2, 0) is 0 Å². The first kappa shape index (κ1) is 14.3. The minimum Gasteiger partial charge on any atom is -0.396 e. The molecule has 18 heavy (non-hydrogen) atoms. The van der Waals surface area contributed by atoms with Gasteiger partial charge in [0, 0.05) is 6.04 Å². The molecule has 0 spiro atoms. The quantitative estimate of drug-likeness (QED) is 0.646. The third-order valence-corrected chi connectivity index (χ3v) is 2.80. The molecular weight excluding hydrogens is 228 g/mol. The number of nitrogens with two attached hydrogens (primary N) is 2. The number of hydrogen-bond acceptors (Lipinski definition) is 4. The Morgan fingerprint density at radius 3 is 2.78 bits per heavy atom. The normalized spacial score (nSPS) is 12.1. The van der Waals surface area contributed by atoms with Crippen molar-refractivity contribution in [3.63, 3.8) is 0 Å². The summed E-state index contributed by atoms with van der Waals surface area (Å²) < 4.78 is 0. The van der Waals surface area contributed by atoms with E-state index in [9.17, 15) is 4.79 Å². The Bertz CT molecular complexity index is 406. The van der Waals surface area contributed by atoms with E-state index in [2.05, 4.69) is 24.1 Å². The van der Waals surface area contributed by atoms with Crippen LogP contribution in [0.3, 0.4) is 0 Å². The first-order chi connectivity index (χ1) is 8.54. The summed E-state index contributed by atoms with van der Waals surface area (Å²) in [5, 5.41) is 3.22. The number of hydrogen-bond donors (Lipinski definition) is 3. The van der Waals surface area contributed by atoms with Crippen molar-refractivity contribution in [2.24, 2.45) is 5.73 Å². The fourth-order valence-corrected chi connectivity index (χ4v) is 1.73. The second-order valence-electron chi connectivity index (χ2n) is 4.54. The van der Waals surface area contributed by atoms with Crippen molar-refractivity contribution >= 4 is 17.4 Å². The fraction of sp³-hybridized carbons (Fsp3) is 0.538. The van der Waals surface area contributed by atoms with Gasteiger partial charge in [0.2, 0.25) is 0 Å². The molecule has 1 aromatic rings. The fourth-order valence-electron chi connectivity index (χ4n) is 1.73. The molecule has 5 heteroatoms. The van der Waals surface area contributed by atoms with E-state index < -0.39 is 5.91 Å². The van der Waals surface area contributed by atoms with Crippen LogP contribution in [0.4, 0.5) is 11.5 Å². The van der Waals surface area contributed by atoms with Gasteiger partial charge in [-0.25, -0.2) is 4.98 Å². The van der Waals surface area contributed by atoms with Crippen molar-refractivity contribution in [2.75, 3.05) is 11.1 Å². The van der Waals surface area contributed by atoms with Gasteiger partial charge in [0.1, 0.15) is 11.5 Å². The molecule has 1 heterocycles. The third kappa shape index (κ3) is 4.24. The van der Waals surface area contributed by atoms with E-state index in [1.54, 1.807) is 6.07 Å². The molecule has 0 aliphatic rings. The molecule has 100 valence electrons. The molecule has 0 aliphatic heterocycles. The zero-order chi connectivity index (χ0) is 13.5. The Morgan fingerprint density at radius 2 is 2.17 bits per heavy atom. The molecule has 0 aromatic carbocycles. The second-order valence-corrected chi connectivity index (χ2v) is 4.54. The van der Waals surface area contributed by atoms with E-state index in [-0.39, 0.29) is 11.7 Å². The number of rotatable bonds is 7. The maximum absolute atomic E-state index is 11.1. The number of nitrogens with zero attached hydrogens (tertiary/aromatic N) is 1. The van der Waals surface area contributed by atoms with Crippen LogP contribution in [-0.4, -0.2) is 16.9 Å². The largest absolute Gasteiger partial charge is 0.396 e. The molecule has 1 unspecified atom stereocenters. The van der Waals surface area contributed by atoms with E-state index in [4.69, 9.17) is 11.5 Å². The van der Waals surface area contributed by atoms with Crippen molar-refractivity contribution in [3.8, 4) is 0 Å². The summed E-state index contributed by atoms with van der Waals surface area (Å²) in [6, 6.07) is 3.45. The van der Waals surface area contributed by atoms with Gasteiger partial charge in [-0.05, 0) is 25.5 Å². The van der Waals surface area contributed by atoms with Crippen molar-refractivity contribution in [3.05, 3.63) is 17.8 Å². The molecule has 5 N–H and O–H groups in total. The summed E-state index contributed by atoms with van der Waals surface area (Å²) in [5.74, 6) is -0.00742. The molecular formula is C13H22N4O. The average Bonchev–Trinajstić information content (AvgIpc) is 2.32. The van der Waals surface area contributed by atoms with Gasteiger partial charge in [0.15, 0.2) is 0 Å². The molecule has 0 radical (unpaired) electrons. The van der Waals surface area contributed by atoms with Crippen LogP contribution in [0.2, 0.25) is 0 Å². The zero-order valence-electron chi connectivity index (χ0n) is 11.1. The van der Waals surface area contributed by atoms with Crippen molar-refractivity contribution in [1.82, 2.24) is 4.98 Å². The summed E-state index contributed by atoms with van der Waals surface area (Å²) in [4.78, 5) is 15.2. The number of amides is 1. The van der Waals surface area contributed by atoms with E-state index in [0.29, 0.717) is 11.5 Å². The minimum absolute atomic E-state index is 0.229. The molecule has 0 fully saturated rings. The predicted octanol–water partition coefficient (Wildman–Crippen LogP) is 2.14. The van der Waals surface area contributed by atoms with Crippen LogP contribution >= 0.6 is 0 Å². The lowest BCUT2D eigenvalue weighted by Gasteiger charge is -2.16. The monoisotopic (exact) mass is 250 g/mol. The Kier molecular flexibility index (Phi) is 5.42. The lowest BCUT2D eigenvalue weighted by molar-refractivity contribution is 0.0995. The average molecular weight is 250 g/mol. The standard InChI is InChI=1S/C13H22N4O/c1-3-4-5-6-9(2)16-13-10(14)7-8-11(17-13)12(15)18/h7-9H,3-6,14H2,1-2H3,(H2,15,18)(H,16,17). The molecule has 5 nitrogen and oxygen atoms in total. The highest BCUT2D eigenvalue weighted by atomic mass is 16.1. The summed E-state index contributed by atoms with van der Waals surface area (Å²) in [7, 11) is 0. The number of nitrogen functional groups attached to an aromatic ring is 1. The van der Waals surface area contributed by atoms with Gasteiger partial charge < -0.3 is 16.8 Å². The Balaban J connectivity index is 2.65. The van der Waals surface area contributed by atoms with Crippen LogP contribution in [0, 0.1) is 0 Å². The van der Waals surface area contributed by atoms with E-state index >= 15 is 0 Å². The summed E-state index contributed by atoms with van der Waals surface area (Å²) >= 11 is 0. The van der Waals surface area contributed by atoms with Crippen molar-refractivity contribution < 1.29 is 4.79 Å². The molecule has 1 rings (SSSR count). The topological polar surface area (TPSA) is 94.0 Å². The molecule has 0 aliphatic carbocycles. The summed E-state index contributed by atoms with van der Waals surface area (Å²) in [6.07, 6.45) is 4.64. The first-order valence-electron chi connectivity index (χ1n) is 6.37. The smallest absolute Gasteiger partial charge is 0.267 e. The SMILES string of the molecule is CCCCCC(C)Nc1nc(C(N)=O)ccc1N. The van der Waals surface area contributed by atoms with Gasteiger partial charge >= 0.3 is 0 Å². The highest BCUT2D eigenvalue weighted by Gasteiger charge is 2.09. The molecule has 0 saturated heterocycles. The van der Waals surface area contributed by atoms with Crippen molar-refractivity contribution in [1.29, 1.82) is 0 Å². The molecule has 1 aromatic heterocycles. The van der Waals surface area contributed by atoms with Gasteiger partial charge in [-0.3, -0.25) is 4.79 Å². The minimum atomic E-state index is -0.545. The molecule has 1 atom stereocenters. The van der Waals surface area contributed by atoms with E-state index in [0.717, 1.165) is 6.42 Å². The number of anilines is 2. The lowest BCUT2D eigenvalue weighted by Crippen LogP contribution is -2.19. The second kappa shape index (κ2) is 6.83. The number of carbonyl (C=O) groups excluding carboxylic acids is 1. The number of pyridine rings is 1. The van der Waals surface area contributed by atoms with Gasteiger partial charge in [-0.15, -0.1) is 0 Å². The maximum atomic E-state index is 11.1. The van der Waals surface area contributed by atoms with Gasteiger partial charge in [0.05, 0.1) is 5.69 Å². The highest BCUT2D eigenvalue weighted by Crippen LogP contribution is 2.18. The molecule has 0 bridgehead atoms. The third-order valence-electron chi connectivity index (χ3n) is 2.80. The first-order valence-corrected chi connectivity index (χ1v) is 6.37. The summed E-state index contributed by atoms with van der Waals surface area (Å²) in [5.41, 5.74) is 11.8. The molecule has 0 saturated carbocycles. The van der Waals surface area contributed by atoms with Gasteiger partial charge in [0.25, 0.3) is 5.91 Å². The maximum Gasteiger partial charge on any atom is 0.267 e. The van der Waals surface area contributed by atoms with Crippen LogP contribution < -0.4 is 16.8 Å². The van der Waals surface area contributed by atoms with E-state index in [1.807, 2.05) is 0 Å². The summed E-state index contributed by atoms with van der Waals surface area (Å²) in [6.45, 7) is 4.25. The highest BCUT2D eigenvalue weighted by molar-refractivity contribution is 5.91. The van der Waals surface area contributed by atoms with Crippen LogP contribution in [0.1, 0.15) is 50.0 Å². The number of nitrogens with one attached hydrogen (secondary N) is 1. The number of aromatic nitrogens is 1. The lowest BCUT2D eigenvalue weighted by atomic mass is 10.1. The Morgan fingerprint density at radius 1 is 1.44 bits per heavy atom. The van der Waals surface area contributed by atoms with Gasteiger partial charge in [-0.2, -0.15) is 0 Å². The van der Waals surface area contributed by atoms with E-state index in [1.165, 1.54) is 25.3 Å². The number of carbonyl (C=O) groups is 1. The molecule has 1 amide bonds. The van der Waals surface area contributed by atoms with Crippen molar-refractivity contribution in [2.45, 2.75) is 45.6 Å². The Hall–Kier alpha value is -1.78. The van der Waals surface area contributed by atoms with Crippen LogP contribution in [0.15, 0.2) is 12.1 Å².